The first-order valence-electron chi connectivity index (χ1n) is 10.6. The van der Waals surface area contributed by atoms with Gasteiger partial charge in [0.2, 0.25) is 5.95 Å². The Kier molecular flexibility index (Phi) is 5.18. The molecule has 0 spiro atoms. The van der Waals surface area contributed by atoms with E-state index in [1.807, 2.05) is 61.5 Å². The first-order valence-corrected chi connectivity index (χ1v) is 10.6. The molecule has 33 heavy (non-hydrogen) atoms. The van der Waals surface area contributed by atoms with Gasteiger partial charge < -0.3 is 0 Å². The second-order valence-corrected chi connectivity index (χ2v) is 8.08. The number of anilines is 1. The molecule has 164 valence electrons. The lowest BCUT2D eigenvalue weighted by Gasteiger charge is -2.39. The summed E-state index contributed by atoms with van der Waals surface area (Å²) >= 11 is 0. The highest BCUT2D eigenvalue weighted by molar-refractivity contribution is 6.06. The Morgan fingerprint density at radius 2 is 1.70 bits per heavy atom. The van der Waals surface area contributed by atoms with Crippen LogP contribution in [0.4, 0.5) is 11.6 Å². The van der Waals surface area contributed by atoms with Gasteiger partial charge in [-0.1, -0.05) is 66.2 Å². The van der Waals surface area contributed by atoms with Crippen molar-refractivity contribution in [2.45, 2.75) is 25.4 Å². The van der Waals surface area contributed by atoms with E-state index in [-0.39, 0.29) is 29.2 Å². The maximum atomic E-state index is 13.8. The first-order chi connectivity index (χ1) is 16.0. The molecule has 1 amide bonds. The van der Waals surface area contributed by atoms with E-state index in [4.69, 9.17) is 0 Å². The van der Waals surface area contributed by atoms with Crippen LogP contribution in [0.15, 0.2) is 85.2 Å². The van der Waals surface area contributed by atoms with Gasteiger partial charge in [0.05, 0.1) is 17.0 Å². The molecule has 0 N–H and O–H groups in total. The molecule has 0 aliphatic carbocycles. The molecule has 8 nitrogen and oxygen atoms in total. The van der Waals surface area contributed by atoms with Crippen molar-refractivity contribution in [3.05, 3.63) is 118 Å². The molecule has 1 aromatic heterocycles. The first kappa shape index (κ1) is 20.6. The van der Waals surface area contributed by atoms with Crippen LogP contribution in [0, 0.1) is 17.0 Å². The molecule has 3 aromatic carbocycles. The highest BCUT2D eigenvalue weighted by atomic mass is 16.6. The molecule has 0 fully saturated rings. The molecule has 8 heteroatoms. The highest BCUT2D eigenvalue weighted by Gasteiger charge is 2.39. The number of hydrogen-bond donors (Lipinski definition) is 0. The number of hydrogen-bond acceptors (Lipinski definition) is 5. The van der Waals surface area contributed by atoms with E-state index in [9.17, 15) is 14.9 Å². The fourth-order valence-electron chi connectivity index (χ4n) is 4.34. The zero-order valence-electron chi connectivity index (χ0n) is 17.9. The van der Waals surface area contributed by atoms with Crippen LogP contribution < -0.4 is 4.90 Å². The molecule has 0 radical (unpaired) electrons. The van der Waals surface area contributed by atoms with Gasteiger partial charge >= 0.3 is 0 Å². The van der Waals surface area contributed by atoms with E-state index in [1.165, 1.54) is 24.5 Å². The number of fused-ring (bicyclic) bond motifs is 1. The van der Waals surface area contributed by atoms with Gasteiger partial charge in [-0.3, -0.25) is 19.8 Å². The summed E-state index contributed by atoms with van der Waals surface area (Å²) in [6, 6.07) is 23.4. The fourth-order valence-corrected chi connectivity index (χ4v) is 4.34. The van der Waals surface area contributed by atoms with Gasteiger partial charge in [-0.2, -0.15) is 10.1 Å². The van der Waals surface area contributed by atoms with Crippen LogP contribution in [0.25, 0.3) is 0 Å². The number of carbonyl (C=O) groups excluding carboxylic acids is 1. The van der Waals surface area contributed by atoms with Gasteiger partial charge in [0.1, 0.15) is 6.33 Å². The summed E-state index contributed by atoms with van der Waals surface area (Å²) in [4.78, 5) is 30.6. The minimum absolute atomic E-state index is 0.107. The van der Waals surface area contributed by atoms with Gasteiger partial charge in [0.25, 0.3) is 11.6 Å². The van der Waals surface area contributed by atoms with E-state index < -0.39 is 4.92 Å². The third-order valence-corrected chi connectivity index (χ3v) is 5.99. The summed E-state index contributed by atoms with van der Waals surface area (Å²) in [5.41, 5.74) is 3.26. The zero-order chi connectivity index (χ0) is 22.9. The molecule has 0 saturated carbocycles. The van der Waals surface area contributed by atoms with Crippen LogP contribution in [0.5, 0.6) is 0 Å². The Morgan fingerprint density at radius 3 is 2.42 bits per heavy atom. The third-order valence-electron chi connectivity index (χ3n) is 5.99. The Labute approximate surface area is 190 Å². The SMILES string of the molecule is Cc1ccc(C2CC(c3ccccc3)n3ncnc3N2C(=O)c2cccc([N+](=O)[O-])c2)cc1. The number of aromatic nitrogens is 3. The number of rotatable bonds is 4. The third kappa shape index (κ3) is 3.76. The van der Waals surface area contributed by atoms with Crippen molar-refractivity contribution >= 4 is 17.5 Å². The van der Waals surface area contributed by atoms with E-state index in [2.05, 4.69) is 10.1 Å². The topological polar surface area (TPSA) is 94.2 Å². The fraction of sp³-hybridized carbons (Fsp3) is 0.160. The smallest absolute Gasteiger partial charge is 0.269 e. The Bertz CT molecular complexity index is 1320. The van der Waals surface area contributed by atoms with Crippen molar-refractivity contribution in [2.24, 2.45) is 0 Å². The maximum absolute atomic E-state index is 13.8. The lowest BCUT2D eigenvalue weighted by Crippen LogP contribution is -2.42. The monoisotopic (exact) mass is 439 g/mol. The van der Waals surface area contributed by atoms with Gasteiger partial charge in [-0.25, -0.2) is 4.68 Å². The maximum Gasteiger partial charge on any atom is 0.270 e. The van der Waals surface area contributed by atoms with Gasteiger partial charge in [0.15, 0.2) is 0 Å². The Balaban J connectivity index is 1.64. The minimum atomic E-state index is -0.502. The summed E-state index contributed by atoms with van der Waals surface area (Å²) in [6.45, 7) is 2.01. The number of amides is 1. The van der Waals surface area contributed by atoms with Gasteiger partial charge in [0, 0.05) is 17.7 Å². The van der Waals surface area contributed by atoms with E-state index >= 15 is 0 Å². The van der Waals surface area contributed by atoms with Crippen molar-refractivity contribution < 1.29 is 9.72 Å². The van der Waals surface area contributed by atoms with Crippen LogP contribution in [-0.2, 0) is 0 Å². The van der Waals surface area contributed by atoms with E-state index in [0.29, 0.717) is 12.4 Å². The number of nitrogens with zero attached hydrogens (tertiary/aromatic N) is 5. The summed E-state index contributed by atoms with van der Waals surface area (Å²) in [6.07, 6.45) is 2.03. The van der Waals surface area contributed by atoms with Crippen LogP contribution in [-0.4, -0.2) is 25.6 Å². The molecule has 2 heterocycles. The quantitative estimate of drug-likeness (QED) is 0.334. The highest BCUT2D eigenvalue weighted by Crippen LogP contribution is 2.42. The summed E-state index contributed by atoms with van der Waals surface area (Å²) in [5, 5.41) is 15.7. The van der Waals surface area contributed by atoms with Crippen molar-refractivity contribution in [1.29, 1.82) is 0 Å². The molecule has 5 rings (SSSR count). The predicted octanol–water partition coefficient (Wildman–Crippen LogP) is 4.88. The molecule has 2 unspecified atom stereocenters. The molecular weight excluding hydrogens is 418 g/mol. The minimum Gasteiger partial charge on any atom is -0.269 e. The van der Waals surface area contributed by atoms with Gasteiger partial charge in [-0.05, 0) is 30.5 Å². The van der Waals surface area contributed by atoms with Crippen LogP contribution in [0.2, 0.25) is 0 Å². The molecule has 4 aromatic rings. The summed E-state index contributed by atoms with van der Waals surface area (Å²) < 4.78 is 1.76. The molecular formula is C25H21N5O3. The second-order valence-electron chi connectivity index (χ2n) is 8.08. The lowest BCUT2D eigenvalue weighted by atomic mass is 9.91. The van der Waals surface area contributed by atoms with Crippen LogP contribution in [0.3, 0.4) is 0 Å². The molecule has 0 saturated heterocycles. The van der Waals surface area contributed by atoms with Crippen LogP contribution >= 0.6 is 0 Å². The second kappa shape index (κ2) is 8.31. The summed E-state index contributed by atoms with van der Waals surface area (Å²) in [5.74, 6) is 0.0576. The van der Waals surface area contributed by atoms with Crippen molar-refractivity contribution in [3.63, 3.8) is 0 Å². The number of nitro groups is 1. The summed E-state index contributed by atoms with van der Waals surface area (Å²) in [7, 11) is 0. The predicted molar refractivity (Wildman–Crippen MR) is 123 cm³/mol. The Morgan fingerprint density at radius 1 is 0.970 bits per heavy atom. The molecule has 1 aliphatic rings. The largest absolute Gasteiger partial charge is 0.270 e. The van der Waals surface area contributed by atoms with Crippen molar-refractivity contribution in [3.8, 4) is 0 Å². The number of non-ortho nitro benzene ring substituents is 1. The lowest BCUT2D eigenvalue weighted by molar-refractivity contribution is -0.384. The van der Waals surface area contributed by atoms with E-state index in [1.54, 1.807) is 15.6 Å². The average molecular weight is 439 g/mol. The number of carbonyl (C=O) groups is 1. The zero-order valence-corrected chi connectivity index (χ0v) is 17.9. The number of nitro benzene ring substituents is 1. The number of aryl methyl sites for hydroxylation is 1. The molecule has 2 atom stereocenters. The van der Waals surface area contributed by atoms with Crippen LogP contribution in [0.1, 0.15) is 45.6 Å². The molecule has 0 bridgehead atoms. The normalized spacial score (nSPS) is 17.4. The molecule has 1 aliphatic heterocycles. The van der Waals surface area contributed by atoms with E-state index in [0.717, 1.165) is 16.7 Å². The average Bonchev–Trinajstić information content (AvgIpc) is 3.33. The standard InChI is InChI=1S/C25H21N5O3/c1-17-10-12-19(13-11-17)22-15-23(18-6-3-2-4-7-18)29-25(26-16-27-29)28(22)24(31)20-8-5-9-21(14-20)30(32)33/h2-14,16,22-23H,15H2,1H3. The Hall–Kier alpha value is -4.33. The van der Waals surface area contributed by atoms with Crippen molar-refractivity contribution in [2.75, 3.05) is 4.90 Å². The van der Waals surface area contributed by atoms with Crippen molar-refractivity contribution in [1.82, 2.24) is 14.8 Å². The number of benzene rings is 3. The van der Waals surface area contributed by atoms with Gasteiger partial charge in [-0.15, -0.1) is 0 Å².